The van der Waals surface area contributed by atoms with E-state index in [-0.39, 0.29) is 5.54 Å². The number of aromatic nitrogens is 1. The van der Waals surface area contributed by atoms with Crippen LogP contribution >= 0.6 is 15.9 Å². The van der Waals surface area contributed by atoms with E-state index in [0.717, 1.165) is 35.4 Å². The van der Waals surface area contributed by atoms with Crippen LogP contribution in [-0.2, 0) is 6.54 Å². The van der Waals surface area contributed by atoms with Crippen molar-refractivity contribution in [1.82, 2.24) is 10.3 Å². The fourth-order valence-corrected chi connectivity index (χ4v) is 2.27. The Labute approximate surface area is 131 Å². The number of hydrogen-bond acceptors (Lipinski definition) is 3. The van der Waals surface area contributed by atoms with Gasteiger partial charge in [0.2, 0.25) is 0 Å². The lowest BCUT2D eigenvalue weighted by Gasteiger charge is -2.26. The van der Waals surface area contributed by atoms with Gasteiger partial charge in [0, 0.05) is 34.9 Å². The van der Waals surface area contributed by atoms with Crippen LogP contribution in [0.1, 0.15) is 39.7 Å². The van der Waals surface area contributed by atoms with Gasteiger partial charge in [-0.1, -0.05) is 12.8 Å². The zero-order valence-electron chi connectivity index (χ0n) is 12.8. The number of anilines is 1. The maximum Gasteiger partial charge on any atom is 0.133 e. The number of terminal acetylenes is 1. The third-order valence-corrected chi connectivity index (χ3v) is 3.23. The van der Waals surface area contributed by atoms with Crippen molar-refractivity contribution in [1.29, 1.82) is 0 Å². The highest BCUT2D eigenvalue weighted by Crippen LogP contribution is 2.22. The molecule has 0 unspecified atom stereocenters. The van der Waals surface area contributed by atoms with E-state index in [4.69, 9.17) is 6.42 Å². The van der Waals surface area contributed by atoms with Crippen molar-refractivity contribution < 1.29 is 0 Å². The first-order valence-corrected chi connectivity index (χ1v) is 7.74. The van der Waals surface area contributed by atoms with Crippen LogP contribution in [0.3, 0.4) is 0 Å². The van der Waals surface area contributed by atoms with Crippen LogP contribution in [0.25, 0.3) is 0 Å². The molecule has 1 aromatic rings. The second kappa shape index (κ2) is 7.66. The third-order valence-electron chi connectivity index (χ3n) is 2.79. The Morgan fingerprint density at radius 1 is 1.45 bits per heavy atom. The largest absolute Gasteiger partial charge is 0.345 e. The van der Waals surface area contributed by atoms with Crippen molar-refractivity contribution in [3.05, 3.63) is 22.3 Å². The van der Waals surface area contributed by atoms with Gasteiger partial charge < -0.3 is 10.2 Å². The quantitative estimate of drug-likeness (QED) is 0.804. The zero-order chi connectivity index (χ0) is 15.2. The fourth-order valence-electron chi connectivity index (χ4n) is 1.89. The summed E-state index contributed by atoms with van der Waals surface area (Å²) in [4.78, 5) is 6.72. The van der Waals surface area contributed by atoms with Gasteiger partial charge in [-0.05, 0) is 49.2 Å². The van der Waals surface area contributed by atoms with Crippen molar-refractivity contribution in [2.24, 2.45) is 0 Å². The van der Waals surface area contributed by atoms with Crippen molar-refractivity contribution in [2.45, 2.75) is 46.2 Å². The maximum atomic E-state index is 5.48. The molecule has 3 nitrogen and oxygen atoms in total. The smallest absolute Gasteiger partial charge is 0.133 e. The number of halogens is 1. The van der Waals surface area contributed by atoms with E-state index in [2.05, 4.69) is 70.8 Å². The summed E-state index contributed by atoms with van der Waals surface area (Å²) in [7, 11) is 0. The monoisotopic (exact) mass is 337 g/mol. The highest BCUT2D eigenvalue weighted by atomic mass is 79.9. The average molecular weight is 338 g/mol. The normalized spacial score (nSPS) is 11.2. The molecule has 0 atom stereocenters. The van der Waals surface area contributed by atoms with Crippen LogP contribution < -0.4 is 10.2 Å². The molecule has 20 heavy (non-hydrogen) atoms. The Morgan fingerprint density at radius 2 is 2.15 bits per heavy atom. The van der Waals surface area contributed by atoms with E-state index in [1.165, 1.54) is 0 Å². The average Bonchev–Trinajstić information content (AvgIpc) is 2.35. The van der Waals surface area contributed by atoms with Gasteiger partial charge in [-0.2, -0.15) is 0 Å². The van der Waals surface area contributed by atoms with Gasteiger partial charge in [-0.3, -0.25) is 0 Å². The lowest BCUT2D eigenvalue weighted by Crippen LogP contribution is -2.36. The predicted molar refractivity (Wildman–Crippen MR) is 89.9 cm³/mol. The summed E-state index contributed by atoms with van der Waals surface area (Å²) in [5, 5.41) is 3.51. The summed E-state index contributed by atoms with van der Waals surface area (Å²) >= 11 is 3.49. The molecule has 0 fully saturated rings. The van der Waals surface area contributed by atoms with Gasteiger partial charge in [0.05, 0.1) is 6.54 Å². The summed E-state index contributed by atoms with van der Waals surface area (Å²) < 4.78 is 0.990. The number of hydrogen-bond donors (Lipinski definition) is 1. The van der Waals surface area contributed by atoms with Gasteiger partial charge in [-0.15, -0.1) is 6.42 Å². The number of rotatable bonds is 6. The van der Waals surface area contributed by atoms with Crippen molar-refractivity contribution >= 4 is 21.7 Å². The van der Waals surface area contributed by atoms with Crippen molar-refractivity contribution in [3.8, 4) is 12.3 Å². The van der Waals surface area contributed by atoms with Crippen LogP contribution in [0.5, 0.6) is 0 Å². The molecule has 0 amide bonds. The Morgan fingerprint density at radius 3 is 2.70 bits per heavy atom. The molecule has 4 heteroatoms. The molecule has 0 saturated carbocycles. The molecule has 1 aromatic heterocycles. The first-order chi connectivity index (χ1) is 9.37. The standard InChI is InChI=1S/C16H24BrN3/c1-6-8-20(9-7-2)15-13(10-14(17)12-18-15)11-19-16(3,4)5/h1,10,12,19H,7-9,11H2,2-5H3. The molecule has 1 N–H and O–H groups in total. The minimum absolute atomic E-state index is 0.0707. The summed E-state index contributed by atoms with van der Waals surface area (Å²) in [6.45, 7) is 10.9. The maximum absolute atomic E-state index is 5.48. The molecule has 0 radical (unpaired) electrons. The van der Waals surface area contributed by atoms with Gasteiger partial charge in [0.1, 0.15) is 5.82 Å². The van der Waals surface area contributed by atoms with Crippen LogP contribution in [0.15, 0.2) is 16.7 Å². The van der Waals surface area contributed by atoms with Crippen molar-refractivity contribution in [2.75, 3.05) is 18.0 Å². The molecule has 110 valence electrons. The topological polar surface area (TPSA) is 28.2 Å². The molecule has 1 heterocycles. The Kier molecular flexibility index (Phi) is 6.51. The van der Waals surface area contributed by atoms with E-state index in [1.54, 1.807) is 0 Å². The van der Waals surface area contributed by atoms with E-state index in [1.807, 2.05) is 6.20 Å². The lowest BCUT2D eigenvalue weighted by molar-refractivity contribution is 0.424. The molecule has 0 spiro atoms. The minimum atomic E-state index is 0.0707. The van der Waals surface area contributed by atoms with Crippen LogP contribution in [0.2, 0.25) is 0 Å². The molecule has 1 rings (SSSR count). The van der Waals surface area contributed by atoms with Gasteiger partial charge in [-0.25, -0.2) is 4.98 Å². The molecule has 0 aliphatic heterocycles. The molecular weight excluding hydrogens is 314 g/mol. The van der Waals surface area contributed by atoms with Crippen LogP contribution in [-0.4, -0.2) is 23.6 Å². The number of pyridine rings is 1. The second-order valence-electron chi connectivity index (χ2n) is 5.87. The van der Waals surface area contributed by atoms with E-state index in [0.29, 0.717) is 6.54 Å². The number of nitrogens with zero attached hydrogens (tertiary/aromatic N) is 2. The van der Waals surface area contributed by atoms with E-state index >= 15 is 0 Å². The van der Waals surface area contributed by atoms with Crippen LogP contribution in [0, 0.1) is 12.3 Å². The summed E-state index contributed by atoms with van der Waals surface area (Å²) in [6.07, 6.45) is 8.35. The van der Waals surface area contributed by atoms with Gasteiger partial charge in [0.15, 0.2) is 0 Å². The third kappa shape index (κ3) is 5.52. The van der Waals surface area contributed by atoms with Gasteiger partial charge in [0.25, 0.3) is 0 Å². The van der Waals surface area contributed by atoms with Crippen molar-refractivity contribution in [3.63, 3.8) is 0 Å². The van der Waals surface area contributed by atoms with E-state index < -0.39 is 0 Å². The molecule has 0 bridgehead atoms. The second-order valence-corrected chi connectivity index (χ2v) is 6.78. The highest BCUT2D eigenvalue weighted by molar-refractivity contribution is 9.10. The fraction of sp³-hybridized carbons (Fsp3) is 0.562. The summed E-state index contributed by atoms with van der Waals surface area (Å²) in [6, 6.07) is 2.11. The highest BCUT2D eigenvalue weighted by Gasteiger charge is 2.15. The molecular formula is C16H24BrN3. The Hall–Kier alpha value is -1.05. The molecule has 0 aromatic carbocycles. The molecule has 0 aliphatic carbocycles. The predicted octanol–water partition coefficient (Wildman–Crippen LogP) is 3.58. The number of nitrogens with one attached hydrogen (secondary N) is 1. The minimum Gasteiger partial charge on any atom is -0.345 e. The lowest BCUT2D eigenvalue weighted by atomic mass is 10.1. The molecule has 0 saturated heterocycles. The first kappa shape index (κ1) is 17.0. The summed E-state index contributed by atoms with van der Waals surface area (Å²) in [5.74, 6) is 3.70. The molecule has 0 aliphatic rings. The first-order valence-electron chi connectivity index (χ1n) is 6.95. The van der Waals surface area contributed by atoms with E-state index in [9.17, 15) is 0 Å². The SMILES string of the molecule is C#CCN(CCC)c1ncc(Br)cc1CNC(C)(C)C. The van der Waals surface area contributed by atoms with Crippen LogP contribution in [0.4, 0.5) is 5.82 Å². The van der Waals surface area contributed by atoms with Gasteiger partial charge >= 0.3 is 0 Å². The Balaban J connectivity index is 3.02. The summed E-state index contributed by atoms with van der Waals surface area (Å²) in [5.41, 5.74) is 1.24. The zero-order valence-corrected chi connectivity index (χ0v) is 14.4. The Bertz CT molecular complexity index is 472.